The third-order valence-electron chi connectivity index (χ3n) is 4.54. The average molecular weight is 492 g/mol. The second-order valence-electron chi connectivity index (χ2n) is 6.80. The van der Waals surface area contributed by atoms with Crippen molar-refractivity contribution in [3.05, 3.63) is 23.3 Å². The van der Waals surface area contributed by atoms with Crippen molar-refractivity contribution in [2.24, 2.45) is 0 Å². The van der Waals surface area contributed by atoms with E-state index in [2.05, 4.69) is 4.18 Å². The smallest absolute Gasteiger partial charge is 0.377 e. The van der Waals surface area contributed by atoms with Crippen LogP contribution in [-0.4, -0.2) is 43.2 Å². The van der Waals surface area contributed by atoms with Gasteiger partial charge in [-0.25, -0.2) is 10.9 Å². The minimum absolute atomic E-state index is 0.0651. The molecule has 0 aromatic heterocycles. The largest absolute Gasteiger partial charge is 0.460 e. The zero-order chi connectivity index (χ0) is 23.3. The van der Waals surface area contributed by atoms with Crippen LogP contribution in [0.5, 0.6) is 5.75 Å². The van der Waals surface area contributed by atoms with Crippen LogP contribution >= 0.6 is 10.9 Å². The Balaban J connectivity index is 2.44. The van der Waals surface area contributed by atoms with E-state index in [4.69, 9.17) is 0 Å². The Morgan fingerprint density at radius 2 is 1.27 bits per heavy atom. The first kappa shape index (κ1) is 25.0. The van der Waals surface area contributed by atoms with Gasteiger partial charge in [0, 0.05) is 0 Å². The standard InChI is InChI=1S/C16H17F9O3S2/c1-9-7-11(29-5-3-4-6-29)8-10(2)12(9)28-30(26,27)16(24,25)14(19,20)13(17,18)15(21,22)23/h7-8,29H,3-6H2,1-2H3. The van der Waals surface area contributed by atoms with Gasteiger partial charge in [-0.1, -0.05) is 0 Å². The van der Waals surface area contributed by atoms with Crippen molar-refractivity contribution >= 4 is 21.0 Å². The van der Waals surface area contributed by atoms with E-state index in [0.717, 1.165) is 29.2 Å². The Hall–Kier alpha value is -1.31. The fourth-order valence-corrected chi connectivity index (χ4v) is 6.63. The van der Waals surface area contributed by atoms with Crippen molar-refractivity contribution in [1.29, 1.82) is 0 Å². The van der Waals surface area contributed by atoms with Crippen molar-refractivity contribution in [3.8, 4) is 5.75 Å². The lowest BCUT2D eigenvalue weighted by atomic mass is 10.1. The topological polar surface area (TPSA) is 43.4 Å². The summed E-state index contributed by atoms with van der Waals surface area (Å²) in [5.74, 6) is -13.7. The molecule has 1 aliphatic rings. The first-order chi connectivity index (χ1) is 13.4. The van der Waals surface area contributed by atoms with Gasteiger partial charge in [0.05, 0.1) is 0 Å². The number of rotatable bonds is 6. The van der Waals surface area contributed by atoms with Crippen LogP contribution in [0.1, 0.15) is 24.0 Å². The molecule has 1 aliphatic heterocycles. The Labute approximate surface area is 169 Å². The van der Waals surface area contributed by atoms with Gasteiger partial charge in [-0.2, -0.15) is 47.9 Å². The molecule has 174 valence electrons. The minimum atomic E-state index is -7.33. The maximum atomic E-state index is 13.8. The number of alkyl halides is 9. The Morgan fingerprint density at radius 3 is 1.67 bits per heavy atom. The molecule has 0 unspecified atom stereocenters. The molecule has 0 amide bonds. The van der Waals surface area contributed by atoms with Gasteiger partial charge in [0.25, 0.3) is 0 Å². The predicted molar refractivity (Wildman–Crippen MR) is 92.6 cm³/mol. The molecule has 1 heterocycles. The Morgan fingerprint density at radius 1 is 0.833 bits per heavy atom. The van der Waals surface area contributed by atoms with E-state index in [1.807, 2.05) is 0 Å². The highest BCUT2D eigenvalue weighted by atomic mass is 32.2. The summed E-state index contributed by atoms with van der Waals surface area (Å²) in [6.07, 6.45) is -5.21. The fourth-order valence-electron chi connectivity index (χ4n) is 2.90. The molecule has 14 heteroatoms. The van der Waals surface area contributed by atoms with E-state index < -0.39 is 50.0 Å². The summed E-state index contributed by atoms with van der Waals surface area (Å²) >= 11 is 0. The van der Waals surface area contributed by atoms with Crippen molar-refractivity contribution in [3.63, 3.8) is 0 Å². The number of benzene rings is 1. The first-order valence-electron chi connectivity index (χ1n) is 8.37. The maximum Gasteiger partial charge on any atom is 0.460 e. The van der Waals surface area contributed by atoms with Crippen LogP contribution in [0.4, 0.5) is 39.5 Å². The molecule has 1 saturated heterocycles. The molecule has 0 atom stereocenters. The van der Waals surface area contributed by atoms with E-state index >= 15 is 0 Å². The molecular formula is C16H17F9O3S2. The van der Waals surface area contributed by atoms with Crippen LogP contribution in [0.25, 0.3) is 0 Å². The average Bonchev–Trinajstić information content (AvgIpc) is 3.11. The van der Waals surface area contributed by atoms with Gasteiger partial charge in [0.2, 0.25) is 0 Å². The molecule has 0 spiro atoms. The van der Waals surface area contributed by atoms with Gasteiger partial charge in [-0.05, 0) is 66.3 Å². The van der Waals surface area contributed by atoms with Gasteiger partial charge >= 0.3 is 33.4 Å². The number of halogens is 9. The normalized spacial score (nSPS) is 18.0. The van der Waals surface area contributed by atoms with Gasteiger partial charge in [-0.3, -0.25) is 0 Å². The van der Waals surface area contributed by atoms with E-state index in [0.29, 0.717) is 0 Å². The highest BCUT2D eigenvalue weighted by molar-refractivity contribution is 8.17. The number of hydrogen-bond donors (Lipinski definition) is 1. The van der Waals surface area contributed by atoms with E-state index in [1.165, 1.54) is 26.0 Å². The van der Waals surface area contributed by atoms with Gasteiger partial charge in [0.15, 0.2) is 0 Å². The summed E-state index contributed by atoms with van der Waals surface area (Å²) in [4.78, 5) is 0.781. The lowest BCUT2D eigenvalue weighted by Gasteiger charge is -2.32. The molecule has 30 heavy (non-hydrogen) atoms. The monoisotopic (exact) mass is 492 g/mol. The quantitative estimate of drug-likeness (QED) is 0.320. The first-order valence-corrected chi connectivity index (χ1v) is 11.5. The van der Waals surface area contributed by atoms with Crippen LogP contribution in [0.3, 0.4) is 0 Å². The predicted octanol–water partition coefficient (Wildman–Crippen LogP) is 5.59. The van der Waals surface area contributed by atoms with Crippen LogP contribution in [0.2, 0.25) is 0 Å². The van der Waals surface area contributed by atoms with Gasteiger partial charge < -0.3 is 4.18 Å². The molecule has 2 rings (SSSR count). The summed E-state index contributed by atoms with van der Waals surface area (Å²) in [7, 11) is -7.53. The number of aryl methyl sites for hydroxylation is 2. The zero-order valence-corrected chi connectivity index (χ0v) is 17.2. The minimum Gasteiger partial charge on any atom is -0.377 e. The molecule has 0 bridgehead atoms. The van der Waals surface area contributed by atoms with Crippen LogP contribution in [-0.2, 0) is 10.1 Å². The molecule has 1 fully saturated rings. The molecule has 0 saturated carbocycles. The third-order valence-corrected chi connectivity index (χ3v) is 8.51. The van der Waals surface area contributed by atoms with E-state index in [-0.39, 0.29) is 11.1 Å². The SMILES string of the molecule is Cc1cc([SH]2CCCC2)cc(C)c1OS(=O)(=O)C(F)(F)C(F)(F)C(F)(F)C(F)(F)F. The molecule has 1 aromatic carbocycles. The molecular weight excluding hydrogens is 475 g/mol. The van der Waals surface area contributed by atoms with Crippen molar-refractivity contribution in [2.75, 3.05) is 11.5 Å². The van der Waals surface area contributed by atoms with E-state index in [9.17, 15) is 47.9 Å². The Kier molecular flexibility index (Phi) is 6.39. The summed E-state index contributed by atoms with van der Waals surface area (Å²) in [5, 5.41) is -6.88. The van der Waals surface area contributed by atoms with Crippen LogP contribution in [0, 0.1) is 13.8 Å². The number of thiol groups is 1. The summed E-state index contributed by atoms with van der Waals surface area (Å²) in [6.45, 7) is 2.43. The highest BCUT2D eigenvalue weighted by Gasteiger charge is 2.86. The van der Waals surface area contributed by atoms with Gasteiger partial charge in [0.1, 0.15) is 5.75 Å². The zero-order valence-electron chi connectivity index (χ0n) is 15.5. The van der Waals surface area contributed by atoms with Crippen molar-refractivity contribution in [2.45, 2.75) is 54.9 Å². The van der Waals surface area contributed by atoms with Crippen LogP contribution in [0.15, 0.2) is 17.0 Å². The van der Waals surface area contributed by atoms with Crippen LogP contribution < -0.4 is 4.18 Å². The van der Waals surface area contributed by atoms with Crippen molar-refractivity contribution in [1.82, 2.24) is 0 Å². The van der Waals surface area contributed by atoms with Gasteiger partial charge in [-0.15, -0.1) is 0 Å². The molecule has 0 N–H and O–H groups in total. The second kappa shape index (κ2) is 7.68. The second-order valence-corrected chi connectivity index (χ2v) is 10.9. The Bertz CT molecular complexity index is 882. The summed E-state index contributed by atoms with van der Waals surface area (Å²) in [5.41, 5.74) is -0.130. The summed E-state index contributed by atoms with van der Waals surface area (Å²) < 4.78 is 145. The van der Waals surface area contributed by atoms with E-state index in [1.54, 1.807) is 0 Å². The molecule has 0 radical (unpaired) electrons. The molecule has 0 aliphatic carbocycles. The lowest BCUT2D eigenvalue weighted by Crippen LogP contribution is -2.63. The molecule has 1 aromatic rings. The highest BCUT2D eigenvalue weighted by Crippen LogP contribution is 2.55. The maximum absolute atomic E-state index is 13.8. The fraction of sp³-hybridized carbons (Fsp3) is 0.625. The summed E-state index contributed by atoms with van der Waals surface area (Å²) in [6, 6.07) is 2.80. The lowest BCUT2D eigenvalue weighted by molar-refractivity contribution is -0.382. The molecule has 3 nitrogen and oxygen atoms in total. The van der Waals surface area contributed by atoms with Crippen molar-refractivity contribution < 1.29 is 52.1 Å². The number of hydrogen-bond acceptors (Lipinski definition) is 3. The third kappa shape index (κ3) is 3.96.